The Morgan fingerprint density at radius 3 is 2.12 bits per heavy atom. The van der Waals surface area contributed by atoms with Gasteiger partial charge in [-0.2, -0.15) is 0 Å². The van der Waals surface area contributed by atoms with E-state index in [2.05, 4.69) is 49.9 Å². The second kappa shape index (κ2) is 5.47. The second-order valence-corrected chi connectivity index (χ2v) is 13.3. The van der Waals surface area contributed by atoms with Gasteiger partial charge in [0.15, 0.2) is 5.78 Å². The van der Waals surface area contributed by atoms with Gasteiger partial charge in [0.1, 0.15) is 0 Å². The molecule has 1 heterocycles. The highest BCUT2D eigenvalue weighted by Gasteiger charge is 2.60. The van der Waals surface area contributed by atoms with Crippen molar-refractivity contribution >= 4 is 24.9 Å². The van der Waals surface area contributed by atoms with Crippen LogP contribution < -0.4 is 10.2 Å². The Bertz CT molecular complexity index is 717. The highest BCUT2D eigenvalue weighted by atomic mass is 31.1. The molecule has 0 aromatic heterocycles. The molecule has 4 bridgehead atoms. The quantitative estimate of drug-likeness (QED) is 0.760. The first-order valence-corrected chi connectivity index (χ1v) is 11.6. The molecule has 0 amide bonds. The van der Waals surface area contributed by atoms with Crippen LogP contribution in [0.3, 0.4) is 0 Å². The maximum absolute atomic E-state index is 12.6. The summed E-state index contributed by atoms with van der Waals surface area (Å²) in [4.78, 5) is 15.1. The molecule has 3 nitrogen and oxygen atoms in total. The van der Waals surface area contributed by atoms with E-state index in [4.69, 9.17) is 0 Å². The lowest BCUT2D eigenvalue weighted by Crippen LogP contribution is -2.63. The minimum absolute atomic E-state index is 0.00839. The second-order valence-electron chi connectivity index (χ2n) is 10.3. The van der Waals surface area contributed by atoms with Crippen LogP contribution in [-0.4, -0.2) is 27.6 Å². The lowest BCUT2D eigenvalue weighted by atomic mass is 9.52. The molecule has 4 aliphatic carbocycles. The summed E-state index contributed by atoms with van der Waals surface area (Å²) in [5.41, 5.74) is 1.33. The summed E-state index contributed by atoms with van der Waals surface area (Å²) in [5, 5.41) is 11.7. The van der Waals surface area contributed by atoms with Gasteiger partial charge in [-0.3, -0.25) is 0 Å². The summed E-state index contributed by atoms with van der Waals surface area (Å²) < 4.78 is 0. The molecule has 26 heavy (non-hydrogen) atoms. The summed E-state index contributed by atoms with van der Waals surface area (Å²) in [6.45, 7) is 6.69. The zero-order chi connectivity index (χ0) is 18.3. The van der Waals surface area contributed by atoms with E-state index in [0.717, 1.165) is 17.8 Å². The average molecular weight is 371 g/mol. The minimum atomic E-state index is -0.770. The van der Waals surface area contributed by atoms with E-state index < -0.39 is 13.9 Å². The zero-order valence-corrected chi connectivity index (χ0v) is 17.0. The molecule has 1 unspecified atom stereocenters. The number of hydrogen-bond acceptors (Lipinski definition) is 2. The van der Waals surface area contributed by atoms with Gasteiger partial charge in [0, 0.05) is 16.5 Å². The fraction of sp³-hybridized carbons (Fsp3) is 0.682. The summed E-state index contributed by atoms with van der Waals surface area (Å²) in [6.07, 6.45) is 7.81. The van der Waals surface area contributed by atoms with Gasteiger partial charge in [-0.05, 0) is 75.4 Å². The van der Waals surface area contributed by atoms with Crippen molar-refractivity contribution in [3.8, 4) is 0 Å². The predicted octanol–water partition coefficient (Wildman–Crippen LogP) is 4.79. The Labute approximate surface area is 157 Å². The normalized spacial score (nSPS) is 40.7. The lowest BCUT2D eigenvalue weighted by molar-refractivity contribution is -0.137. The maximum Gasteiger partial charge on any atom is 0.331 e. The third-order valence-electron chi connectivity index (χ3n) is 7.35. The smallest absolute Gasteiger partial charge is 0.331 e. The van der Waals surface area contributed by atoms with Crippen LogP contribution in [0.25, 0.3) is 0 Å². The molecule has 4 saturated carbocycles. The molecule has 140 valence electrons. The number of anilines is 1. The number of carbonyl (C=O) groups is 1. The van der Waals surface area contributed by atoms with E-state index in [1.54, 1.807) is 0 Å². The van der Waals surface area contributed by atoms with Crippen LogP contribution in [0.5, 0.6) is 0 Å². The Kier molecular flexibility index (Phi) is 3.59. The summed E-state index contributed by atoms with van der Waals surface area (Å²) in [7, 11) is -0.770. The van der Waals surface area contributed by atoms with Gasteiger partial charge >= 0.3 is 5.97 Å². The number of carboxylic acids is 1. The fourth-order valence-electron chi connectivity index (χ4n) is 7.07. The van der Waals surface area contributed by atoms with E-state index >= 15 is 0 Å². The molecule has 0 spiro atoms. The highest BCUT2D eigenvalue weighted by molar-refractivity contribution is 7.69. The van der Waals surface area contributed by atoms with E-state index in [1.165, 1.54) is 49.5 Å². The third-order valence-corrected chi connectivity index (χ3v) is 10.6. The Balaban J connectivity index is 1.67. The van der Waals surface area contributed by atoms with Gasteiger partial charge in [-0.15, -0.1) is 0 Å². The number of para-hydroxylation sites is 1. The van der Waals surface area contributed by atoms with Crippen molar-refractivity contribution in [2.75, 3.05) is 4.90 Å². The van der Waals surface area contributed by atoms with Crippen molar-refractivity contribution in [3.63, 3.8) is 0 Å². The SMILES string of the molecule is CC(C)(C)P1c2ccccc2N(C23CC4CC(CC(C4)C2)C3)[C@H]1C(=O)O. The van der Waals surface area contributed by atoms with Crippen molar-refractivity contribution in [2.24, 2.45) is 17.8 Å². The molecule has 2 atom stereocenters. The van der Waals surface area contributed by atoms with Gasteiger partial charge in [0.05, 0.1) is 0 Å². The van der Waals surface area contributed by atoms with Crippen LogP contribution in [0.4, 0.5) is 5.69 Å². The van der Waals surface area contributed by atoms with E-state index in [1.807, 2.05) is 0 Å². The number of benzene rings is 1. The van der Waals surface area contributed by atoms with Crippen molar-refractivity contribution in [2.45, 2.75) is 75.8 Å². The van der Waals surface area contributed by atoms with Crippen molar-refractivity contribution < 1.29 is 9.90 Å². The Hall–Kier alpha value is -1.08. The molecule has 1 aliphatic heterocycles. The van der Waals surface area contributed by atoms with Gasteiger partial charge in [0.2, 0.25) is 0 Å². The molecule has 4 fully saturated rings. The third kappa shape index (κ3) is 2.32. The van der Waals surface area contributed by atoms with Gasteiger partial charge in [-0.1, -0.05) is 39.0 Å². The first-order chi connectivity index (χ1) is 12.3. The Morgan fingerprint density at radius 1 is 1.08 bits per heavy atom. The predicted molar refractivity (Wildman–Crippen MR) is 108 cm³/mol. The van der Waals surface area contributed by atoms with Gasteiger partial charge < -0.3 is 10.0 Å². The highest BCUT2D eigenvalue weighted by Crippen LogP contribution is 2.66. The van der Waals surface area contributed by atoms with Crippen LogP contribution in [0, 0.1) is 17.8 Å². The number of hydrogen-bond donors (Lipinski definition) is 1. The molecule has 1 aromatic rings. The average Bonchev–Trinajstić information content (AvgIpc) is 2.89. The van der Waals surface area contributed by atoms with Gasteiger partial charge in [0.25, 0.3) is 0 Å². The van der Waals surface area contributed by atoms with Crippen LogP contribution in [0.15, 0.2) is 24.3 Å². The van der Waals surface area contributed by atoms with Crippen LogP contribution in [0.1, 0.15) is 59.3 Å². The number of rotatable bonds is 2. The number of carboxylic acid groups (broad SMARTS) is 1. The topological polar surface area (TPSA) is 40.5 Å². The fourth-order valence-corrected chi connectivity index (χ4v) is 10.3. The van der Waals surface area contributed by atoms with Crippen LogP contribution in [-0.2, 0) is 4.79 Å². The van der Waals surface area contributed by atoms with E-state index in [0.29, 0.717) is 0 Å². The summed E-state index contributed by atoms with van der Waals surface area (Å²) in [5.74, 6) is 1.49. The molecule has 0 radical (unpaired) electrons. The first-order valence-electron chi connectivity index (χ1n) is 10.2. The maximum atomic E-state index is 12.6. The molecule has 6 rings (SSSR count). The lowest BCUT2D eigenvalue weighted by Gasteiger charge is -2.61. The van der Waals surface area contributed by atoms with E-state index in [-0.39, 0.29) is 16.5 Å². The number of aliphatic carboxylic acids is 1. The van der Waals surface area contributed by atoms with E-state index in [9.17, 15) is 9.90 Å². The van der Waals surface area contributed by atoms with Gasteiger partial charge in [-0.25, -0.2) is 4.79 Å². The number of nitrogens with zero attached hydrogens (tertiary/aromatic N) is 1. The molecule has 1 N–H and O–H groups in total. The Morgan fingerprint density at radius 2 is 1.62 bits per heavy atom. The monoisotopic (exact) mass is 371 g/mol. The minimum Gasteiger partial charge on any atom is -0.479 e. The largest absolute Gasteiger partial charge is 0.479 e. The van der Waals surface area contributed by atoms with Crippen molar-refractivity contribution in [1.29, 1.82) is 0 Å². The summed E-state index contributed by atoms with van der Waals surface area (Å²) in [6, 6.07) is 8.62. The molecule has 4 heteroatoms. The first kappa shape index (κ1) is 17.0. The molecular formula is C22H30NO2P. The number of fused-ring (bicyclic) bond motifs is 1. The molecule has 1 aromatic carbocycles. The van der Waals surface area contributed by atoms with Crippen LogP contribution in [0.2, 0.25) is 0 Å². The zero-order valence-electron chi connectivity index (χ0n) is 16.1. The standard InChI is InChI=1S/C22H30NO2P/c1-21(2,3)26-18-7-5-4-6-17(18)23(19(26)20(24)25)22-11-14-8-15(12-22)10-16(9-14)13-22/h4-7,14-16,19H,8-13H2,1-3H3,(H,24,25)/t14?,15?,16?,19-,22?,26?/m1/s1. The summed E-state index contributed by atoms with van der Waals surface area (Å²) >= 11 is 0. The van der Waals surface area contributed by atoms with Crippen molar-refractivity contribution in [3.05, 3.63) is 24.3 Å². The molecule has 0 saturated heterocycles. The molecular weight excluding hydrogens is 341 g/mol. The van der Waals surface area contributed by atoms with Crippen LogP contribution >= 0.6 is 7.92 Å². The van der Waals surface area contributed by atoms with Crippen molar-refractivity contribution in [1.82, 2.24) is 0 Å². The molecule has 5 aliphatic rings.